The average Bonchev–Trinajstić information content (AvgIpc) is 3.43. The highest BCUT2D eigenvalue weighted by atomic mass is 127. The molecule has 184 valence electrons. The lowest BCUT2D eigenvalue weighted by Crippen LogP contribution is -2.49. The van der Waals surface area contributed by atoms with Crippen molar-refractivity contribution >= 4 is 56.8 Å². The van der Waals surface area contributed by atoms with E-state index in [0.717, 1.165) is 19.3 Å². The molecule has 0 bridgehead atoms. The number of hydrogen-bond donors (Lipinski definition) is 0. The van der Waals surface area contributed by atoms with E-state index < -0.39 is 17.6 Å². The van der Waals surface area contributed by atoms with E-state index in [1.807, 2.05) is 11.9 Å². The number of carbonyl (C=O) groups excluding carboxylic acids is 2. The molecule has 0 N–H and O–H groups in total. The Bertz CT molecular complexity index is 1110. The van der Waals surface area contributed by atoms with Crippen molar-refractivity contribution < 1.29 is 23.8 Å². The Balaban J connectivity index is 1.50. The van der Waals surface area contributed by atoms with Crippen LogP contribution in [0.15, 0.2) is 0 Å². The third-order valence-electron chi connectivity index (χ3n) is 6.98. The Morgan fingerprint density at radius 2 is 2.03 bits per heavy atom. The molecule has 34 heavy (non-hydrogen) atoms. The number of unbranched alkanes of at least 4 members (excludes halogenated alkanes) is 1. The molecule has 0 aromatic carbocycles. The van der Waals surface area contributed by atoms with E-state index >= 15 is 0 Å². The number of ketones is 2. The first-order valence-corrected chi connectivity index (χ1v) is 15.9. The summed E-state index contributed by atoms with van der Waals surface area (Å²) in [5.41, 5.74) is 0.562. The Morgan fingerprint density at radius 1 is 1.24 bits per heavy atom. The van der Waals surface area contributed by atoms with Crippen LogP contribution < -0.4 is 9.64 Å². The van der Waals surface area contributed by atoms with Crippen LogP contribution in [0.2, 0.25) is 0 Å². The van der Waals surface area contributed by atoms with Gasteiger partial charge in [0.05, 0.1) is 38.0 Å². The maximum atomic E-state index is 13.7. The van der Waals surface area contributed by atoms with E-state index in [4.69, 9.17) is 14.2 Å². The van der Waals surface area contributed by atoms with Crippen LogP contribution in [0.25, 0.3) is 11.0 Å². The first-order valence-electron chi connectivity index (χ1n) is 11.9. The van der Waals surface area contributed by atoms with Gasteiger partial charge in [0.2, 0.25) is 17.5 Å². The van der Waals surface area contributed by atoms with E-state index in [1.54, 1.807) is 4.45 Å². The molecule has 5 rings (SSSR count). The fourth-order valence-corrected chi connectivity index (χ4v) is 6.60. The number of halogens is 1. The average molecular weight is 601 g/mol. The molecular weight excluding hydrogens is 572 g/mol. The fourth-order valence-electron chi connectivity index (χ4n) is 5.22. The van der Waals surface area contributed by atoms with Crippen LogP contribution in [-0.2, 0) is 14.3 Å². The van der Waals surface area contributed by atoms with Crippen molar-refractivity contribution in [1.82, 2.24) is 19.5 Å². The summed E-state index contributed by atoms with van der Waals surface area (Å²) in [6.07, 6.45) is 4.76. The van der Waals surface area contributed by atoms with Gasteiger partial charge in [-0.15, -0.1) is 5.10 Å². The number of Topliss-reactive ketones (excluding diaryl/α,β-unsaturated/α-hetero) is 2. The first kappa shape index (κ1) is 24.3. The van der Waals surface area contributed by atoms with Gasteiger partial charge in [-0.3, -0.25) is 9.59 Å². The molecule has 4 heterocycles. The molecule has 0 amide bonds. The first-order chi connectivity index (χ1) is 16.5. The Labute approximate surface area is 212 Å². The molecule has 3 unspecified atom stereocenters. The minimum atomic E-state index is -0.909. The number of nitrogens with zero attached hydrogens (tertiary/aromatic N) is 5. The second-order valence-electron chi connectivity index (χ2n) is 9.06. The molecule has 2 fully saturated rings. The second kappa shape index (κ2) is 9.91. The zero-order valence-electron chi connectivity index (χ0n) is 19.4. The number of hydrogen-bond acceptors (Lipinski definition) is 9. The Morgan fingerprint density at radius 3 is 2.76 bits per heavy atom. The molecule has 0 spiro atoms. The highest BCUT2D eigenvalue weighted by Gasteiger charge is 2.51. The lowest BCUT2D eigenvalue weighted by molar-refractivity contribution is -0.206. The molecule has 10 nitrogen and oxygen atoms in total. The molecule has 12 heteroatoms. The zero-order valence-corrected chi connectivity index (χ0v) is 22.5. The highest BCUT2D eigenvalue weighted by Crippen LogP contribution is 2.43. The van der Waals surface area contributed by atoms with Crippen LogP contribution in [-0.4, -0.2) is 70.3 Å². The number of rotatable bonds is 7. The number of carbonyl (C=O) groups is 2. The molecule has 1 saturated heterocycles. The standard InChI is InChI=1S/C22H29IN5O5P/c1-3-4-8-22(32-11-12-33-22)14-7-5-6-13(16(14)29)17(30)18-24-19-15-20(25-18)28(34-23)26-21(15)31-10-9-27(19)2/h13-14,34H,3-12H2,1-2H3. The van der Waals surface area contributed by atoms with Crippen molar-refractivity contribution in [3.63, 3.8) is 0 Å². The van der Waals surface area contributed by atoms with Gasteiger partial charge in [-0.2, -0.15) is 0 Å². The van der Waals surface area contributed by atoms with Crippen LogP contribution in [0.5, 0.6) is 5.88 Å². The summed E-state index contributed by atoms with van der Waals surface area (Å²) in [7, 11) is 1.91. The monoisotopic (exact) mass is 601 g/mol. The molecule has 1 saturated carbocycles. The van der Waals surface area contributed by atoms with E-state index in [0.29, 0.717) is 68.4 Å². The summed E-state index contributed by atoms with van der Waals surface area (Å²) in [6.45, 7) is 4.14. The topological polar surface area (TPSA) is 109 Å². The van der Waals surface area contributed by atoms with Gasteiger partial charge in [-0.1, -0.05) is 19.8 Å². The quantitative estimate of drug-likeness (QED) is 0.204. The summed E-state index contributed by atoms with van der Waals surface area (Å²) in [5, 5.41) is 5.23. The van der Waals surface area contributed by atoms with Crippen LogP contribution in [0, 0.1) is 11.8 Å². The summed E-state index contributed by atoms with van der Waals surface area (Å²) >= 11 is 2.22. The van der Waals surface area contributed by atoms with Crippen molar-refractivity contribution in [1.29, 1.82) is 0 Å². The molecule has 0 radical (unpaired) electrons. The van der Waals surface area contributed by atoms with Gasteiger partial charge in [-0.25, -0.2) is 14.4 Å². The largest absolute Gasteiger partial charge is 0.474 e. The smallest absolute Gasteiger partial charge is 0.246 e. The fraction of sp³-hybridized carbons (Fsp3) is 0.682. The maximum Gasteiger partial charge on any atom is 0.246 e. The van der Waals surface area contributed by atoms with Crippen molar-refractivity contribution in [3.05, 3.63) is 5.82 Å². The lowest BCUT2D eigenvalue weighted by atomic mass is 9.73. The molecule has 1 aliphatic carbocycles. The third kappa shape index (κ3) is 4.12. The minimum Gasteiger partial charge on any atom is -0.474 e. The van der Waals surface area contributed by atoms with Crippen molar-refractivity contribution in [2.24, 2.45) is 11.8 Å². The maximum absolute atomic E-state index is 13.7. The van der Waals surface area contributed by atoms with Gasteiger partial charge < -0.3 is 19.1 Å². The van der Waals surface area contributed by atoms with Gasteiger partial charge in [-0.05, 0) is 41.3 Å². The number of likely N-dealkylation sites (N-methyl/N-ethyl adjacent to an activating group) is 1. The van der Waals surface area contributed by atoms with Gasteiger partial charge in [0.25, 0.3) is 0 Å². The van der Waals surface area contributed by atoms with Gasteiger partial charge in [0.15, 0.2) is 17.2 Å². The van der Waals surface area contributed by atoms with Crippen molar-refractivity contribution in [3.8, 4) is 5.88 Å². The van der Waals surface area contributed by atoms with E-state index in [-0.39, 0.29) is 23.8 Å². The van der Waals surface area contributed by atoms with Crippen LogP contribution in [0.1, 0.15) is 56.1 Å². The van der Waals surface area contributed by atoms with E-state index in [1.165, 1.54) is 0 Å². The van der Waals surface area contributed by atoms with Gasteiger partial charge in [0, 0.05) is 13.5 Å². The number of ether oxygens (including phenoxy) is 3. The van der Waals surface area contributed by atoms with Crippen LogP contribution >= 0.6 is 28.4 Å². The summed E-state index contributed by atoms with van der Waals surface area (Å²) in [5.74, 6) is -1.42. The normalized spacial score (nSPS) is 24.7. The lowest BCUT2D eigenvalue weighted by Gasteiger charge is -2.38. The highest BCUT2D eigenvalue weighted by molar-refractivity contribution is 14.2. The van der Waals surface area contributed by atoms with Crippen LogP contribution in [0.3, 0.4) is 0 Å². The Hall–Kier alpha value is -1.43. The summed E-state index contributed by atoms with van der Waals surface area (Å²) in [6, 6.07) is 0. The minimum absolute atomic E-state index is 0.0634. The molecular formula is C22H29IN5O5P. The van der Waals surface area contributed by atoms with Crippen molar-refractivity contribution in [2.75, 3.05) is 38.3 Å². The predicted octanol–water partition coefficient (Wildman–Crippen LogP) is 3.55. The molecule has 3 atom stereocenters. The predicted molar refractivity (Wildman–Crippen MR) is 136 cm³/mol. The number of anilines is 1. The SMILES string of the molecule is CCCCC1(C2CCCC(C(=O)c3nc4c5c(nn(PI)c5n3)OCCN4C)C2=O)OCCO1. The van der Waals surface area contributed by atoms with Crippen LogP contribution in [0.4, 0.5) is 5.82 Å². The van der Waals surface area contributed by atoms with E-state index in [9.17, 15) is 9.59 Å². The molecule has 3 aliphatic rings. The van der Waals surface area contributed by atoms with Gasteiger partial charge in [0.1, 0.15) is 17.8 Å². The zero-order chi connectivity index (χ0) is 23.9. The van der Waals surface area contributed by atoms with Gasteiger partial charge >= 0.3 is 0 Å². The molecule has 2 aromatic heterocycles. The third-order valence-corrected chi connectivity index (χ3v) is 8.82. The van der Waals surface area contributed by atoms with Crippen molar-refractivity contribution in [2.45, 2.75) is 51.2 Å². The molecule has 2 aliphatic heterocycles. The summed E-state index contributed by atoms with van der Waals surface area (Å²) < 4.78 is 19.6. The Kier molecular flexibility index (Phi) is 7.07. The second-order valence-corrected chi connectivity index (χ2v) is 11.1. The molecule has 2 aromatic rings. The summed E-state index contributed by atoms with van der Waals surface area (Å²) in [4.78, 5) is 38.6. The van der Waals surface area contributed by atoms with E-state index in [2.05, 4.69) is 44.0 Å². The number of aromatic nitrogens is 4.